The maximum Gasteiger partial charge on any atom is 0.309 e. The van der Waals surface area contributed by atoms with Gasteiger partial charge in [0.05, 0.1) is 5.92 Å². The highest BCUT2D eigenvalue weighted by atomic mass is 32.1. The van der Waals surface area contributed by atoms with Gasteiger partial charge in [0.1, 0.15) is 5.60 Å². The Balaban J connectivity index is 1.86. The molecule has 1 aromatic heterocycles. The fourth-order valence-electron chi connectivity index (χ4n) is 2.17. The molecule has 5 nitrogen and oxygen atoms in total. The number of carbonyl (C=O) groups excluding carboxylic acids is 2. The van der Waals surface area contributed by atoms with E-state index in [4.69, 9.17) is 4.74 Å². The van der Waals surface area contributed by atoms with Gasteiger partial charge in [0.15, 0.2) is 5.01 Å². The van der Waals surface area contributed by atoms with Gasteiger partial charge in [0.25, 0.3) is 5.91 Å². The third kappa shape index (κ3) is 3.79. The molecule has 0 bridgehead atoms. The molecule has 0 atom stereocenters. The average molecular weight is 296 g/mol. The Morgan fingerprint density at radius 1 is 1.35 bits per heavy atom. The fourth-order valence-corrected chi connectivity index (χ4v) is 2.77. The first-order valence-corrected chi connectivity index (χ1v) is 7.66. The standard InChI is InChI=1S/C14H20N2O3S/c1-14(2,3)19-13(18)10-4-7-16(8-5-10)12(17)11-15-6-9-20-11/h6,9-10H,4-5,7-8H2,1-3H3. The second-order valence-corrected chi connectivity index (χ2v) is 6.83. The predicted octanol–water partition coefficient (Wildman–Crippen LogP) is 2.34. The summed E-state index contributed by atoms with van der Waals surface area (Å²) in [6.07, 6.45) is 2.95. The minimum absolute atomic E-state index is 0.0392. The second kappa shape index (κ2) is 5.91. The zero-order valence-electron chi connectivity index (χ0n) is 12.1. The van der Waals surface area contributed by atoms with E-state index in [0.29, 0.717) is 30.9 Å². The lowest BCUT2D eigenvalue weighted by atomic mass is 9.96. The van der Waals surface area contributed by atoms with E-state index in [-0.39, 0.29) is 17.8 Å². The number of aromatic nitrogens is 1. The SMILES string of the molecule is CC(C)(C)OC(=O)C1CCN(C(=O)c2nccs2)CC1. The monoisotopic (exact) mass is 296 g/mol. The largest absolute Gasteiger partial charge is 0.460 e. The van der Waals surface area contributed by atoms with Crippen LogP contribution in [-0.4, -0.2) is 40.5 Å². The lowest BCUT2D eigenvalue weighted by Crippen LogP contribution is -2.41. The van der Waals surface area contributed by atoms with E-state index in [1.165, 1.54) is 11.3 Å². The Hall–Kier alpha value is -1.43. The van der Waals surface area contributed by atoms with E-state index in [0.717, 1.165) is 0 Å². The van der Waals surface area contributed by atoms with Gasteiger partial charge in [-0.05, 0) is 33.6 Å². The number of carbonyl (C=O) groups is 2. The van der Waals surface area contributed by atoms with Crippen LogP contribution in [0.3, 0.4) is 0 Å². The zero-order valence-corrected chi connectivity index (χ0v) is 12.9. The Kier molecular flexibility index (Phi) is 4.42. The van der Waals surface area contributed by atoms with E-state index >= 15 is 0 Å². The highest BCUT2D eigenvalue weighted by molar-refractivity contribution is 7.11. The minimum atomic E-state index is -0.453. The zero-order chi connectivity index (χ0) is 14.8. The number of piperidine rings is 1. The van der Waals surface area contributed by atoms with E-state index in [2.05, 4.69) is 4.98 Å². The summed E-state index contributed by atoms with van der Waals surface area (Å²) in [6, 6.07) is 0. The molecule has 0 aromatic carbocycles. The molecule has 0 saturated carbocycles. The molecule has 2 heterocycles. The van der Waals surface area contributed by atoms with Crippen molar-refractivity contribution in [2.45, 2.75) is 39.2 Å². The third-order valence-corrected chi connectivity index (χ3v) is 3.90. The minimum Gasteiger partial charge on any atom is -0.460 e. The van der Waals surface area contributed by atoms with Crippen LogP contribution in [0.15, 0.2) is 11.6 Å². The molecule has 0 N–H and O–H groups in total. The molecular weight excluding hydrogens is 276 g/mol. The van der Waals surface area contributed by atoms with Crippen molar-refractivity contribution in [2.75, 3.05) is 13.1 Å². The lowest BCUT2D eigenvalue weighted by Gasteiger charge is -2.32. The molecule has 6 heteroatoms. The van der Waals surface area contributed by atoms with Gasteiger partial charge >= 0.3 is 5.97 Å². The normalized spacial score (nSPS) is 17.1. The van der Waals surface area contributed by atoms with Gasteiger partial charge in [-0.1, -0.05) is 0 Å². The number of rotatable bonds is 2. The summed E-state index contributed by atoms with van der Waals surface area (Å²) in [5.41, 5.74) is -0.453. The van der Waals surface area contributed by atoms with Crippen molar-refractivity contribution in [3.63, 3.8) is 0 Å². The first-order chi connectivity index (χ1) is 9.37. The van der Waals surface area contributed by atoms with E-state index in [1.807, 2.05) is 20.8 Å². The number of nitrogens with zero attached hydrogens (tertiary/aromatic N) is 2. The summed E-state index contributed by atoms with van der Waals surface area (Å²) in [5, 5.41) is 2.31. The maximum absolute atomic E-state index is 12.1. The van der Waals surface area contributed by atoms with Crippen LogP contribution in [0.25, 0.3) is 0 Å². The quantitative estimate of drug-likeness (QED) is 0.786. The van der Waals surface area contributed by atoms with Crippen molar-refractivity contribution in [3.8, 4) is 0 Å². The van der Waals surface area contributed by atoms with Crippen LogP contribution in [0.4, 0.5) is 0 Å². The van der Waals surface area contributed by atoms with Gasteiger partial charge in [0.2, 0.25) is 0 Å². The Labute approximate surface area is 122 Å². The summed E-state index contributed by atoms with van der Waals surface area (Å²) < 4.78 is 5.39. The number of amides is 1. The van der Waals surface area contributed by atoms with Crippen LogP contribution in [0.2, 0.25) is 0 Å². The number of esters is 1. The van der Waals surface area contributed by atoms with Crippen LogP contribution >= 0.6 is 11.3 Å². The smallest absolute Gasteiger partial charge is 0.309 e. The van der Waals surface area contributed by atoms with Crippen molar-refractivity contribution >= 4 is 23.2 Å². The molecule has 1 aliphatic heterocycles. The highest BCUT2D eigenvalue weighted by Crippen LogP contribution is 2.23. The van der Waals surface area contributed by atoms with Gasteiger partial charge in [-0.3, -0.25) is 9.59 Å². The van der Waals surface area contributed by atoms with Crippen LogP contribution in [-0.2, 0) is 9.53 Å². The molecule has 1 fully saturated rings. The summed E-state index contributed by atoms with van der Waals surface area (Å²) in [6.45, 7) is 6.77. The second-order valence-electron chi connectivity index (χ2n) is 5.94. The average Bonchev–Trinajstić information content (AvgIpc) is 2.90. The molecule has 0 spiro atoms. The van der Waals surface area contributed by atoms with Crippen molar-refractivity contribution in [3.05, 3.63) is 16.6 Å². The van der Waals surface area contributed by atoms with E-state index in [9.17, 15) is 9.59 Å². The Morgan fingerprint density at radius 2 is 2.00 bits per heavy atom. The Morgan fingerprint density at radius 3 is 2.50 bits per heavy atom. The van der Waals surface area contributed by atoms with Crippen molar-refractivity contribution in [1.29, 1.82) is 0 Å². The van der Waals surface area contributed by atoms with Crippen LogP contribution in [0.5, 0.6) is 0 Å². The molecule has 0 aliphatic carbocycles. The van der Waals surface area contributed by atoms with Crippen molar-refractivity contribution < 1.29 is 14.3 Å². The summed E-state index contributed by atoms with van der Waals surface area (Å²) in [5.74, 6) is -0.295. The van der Waals surface area contributed by atoms with E-state index in [1.54, 1.807) is 16.5 Å². The summed E-state index contributed by atoms with van der Waals surface area (Å²) in [7, 11) is 0. The molecule has 2 rings (SSSR count). The number of ether oxygens (including phenoxy) is 1. The fraction of sp³-hybridized carbons (Fsp3) is 0.643. The van der Waals surface area contributed by atoms with Gasteiger partial charge in [-0.2, -0.15) is 0 Å². The molecule has 0 unspecified atom stereocenters. The van der Waals surface area contributed by atoms with Crippen LogP contribution in [0, 0.1) is 5.92 Å². The molecule has 1 saturated heterocycles. The predicted molar refractivity (Wildman–Crippen MR) is 76.6 cm³/mol. The molecule has 1 aliphatic rings. The molecule has 1 aromatic rings. The maximum atomic E-state index is 12.1. The topological polar surface area (TPSA) is 59.5 Å². The molecule has 0 radical (unpaired) electrons. The molecule has 20 heavy (non-hydrogen) atoms. The number of likely N-dealkylation sites (tertiary alicyclic amines) is 1. The number of hydrogen-bond acceptors (Lipinski definition) is 5. The number of hydrogen-bond donors (Lipinski definition) is 0. The van der Waals surface area contributed by atoms with Crippen LogP contribution in [0.1, 0.15) is 43.4 Å². The van der Waals surface area contributed by atoms with Crippen LogP contribution < -0.4 is 0 Å². The van der Waals surface area contributed by atoms with Gasteiger partial charge in [-0.15, -0.1) is 11.3 Å². The van der Waals surface area contributed by atoms with Crippen molar-refractivity contribution in [1.82, 2.24) is 9.88 Å². The van der Waals surface area contributed by atoms with Crippen molar-refractivity contribution in [2.24, 2.45) is 5.92 Å². The van der Waals surface area contributed by atoms with Gasteiger partial charge < -0.3 is 9.64 Å². The van der Waals surface area contributed by atoms with E-state index < -0.39 is 5.60 Å². The summed E-state index contributed by atoms with van der Waals surface area (Å²) >= 11 is 1.35. The Bertz CT molecular complexity index is 471. The lowest BCUT2D eigenvalue weighted by molar-refractivity contribution is -0.161. The molecule has 1 amide bonds. The first-order valence-electron chi connectivity index (χ1n) is 6.78. The van der Waals surface area contributed by atoms with Gasteiger partial charge in [-0.25, -0.2) is 4.98 Å². The molecular formula is C14H20N2O3S. The van der Waals surface area contributed by atoms with Gasteiger partial charge in [0, 0.05) is 24.7 Å². The summed E-state index contributed by atoms with van der Waals surface area (Å²) in [4.78, 5) is 29.9. The highest BCUT2D eigenvalue weighted by Gasteiger charge is 2.31. The third-order valence-electron chi connectivity index (χ3n) is 3.14. The number of thiazole rings is 1. The first kappa shape index (κ1) is 15.0. The molecule has 110 valence electrons.